The van der Waals surface area contributed by atoms with Crippen molar-refractivity contribution >= 4 is 34.9 Å². The van der Waals surface area contributed by atoms with Crippen LogP contribution in [0.15, 0.2) is 67.3 Å². The fourth-order valence-electron chi connectivity index (χ4n) is 2.76. The van der Waals surface area contributed by atoms with Crippen LogP contribution in [0.25, 0.3) is 0 Å². The average Bonchev–Trinajstić information content (AvgIpc) is 2.77. The van der Waals surface area contributed by atoms with Gasteiger partial charge in [-0.3, -0.25) is 9.59 Å². The molecule has 0 aliphatic heterocycles. The van der Waals surface area contributed by atoms with E-state index < -0.39 is 0 Å². The lowest BCUT2D eigenvalue weighted by Crippen LogP contribution is -2.34. The molecular formula is C24H28N2O4S. The highest BCUT2D eigenvalue weighted by molar-refractivity contribution is 7.80. The highest BCUT2D eigenvalue weighted by Crippen LogP contribution is 2.23. The van der Waals surface area contributed by atoms with Gasteiger partial charge in [-0.05, 0) is 49.2 Å². The number of aryl methyl sites for hydroxylation is 1. The molecular weight excluding hydrogens is 412 g/mol. The third kappa shape index (κ3) is 9.91. The molecule has 0 radical (unpaired) electrons. The zero-order valence-electron chi connectivity index (χ0n) is 17.5. The molecule has 0 aromatic heterocycles. The van der Waals surface area contributed by atoms with Crippen LogP contribution in [0.3, 0.4) is 0 Å². The lowest BCUT2D eigenvalue weighted by Gasteiger charge is -2.13. The molecule has 2 rings (SSSR count). The van der Waals surface area contributed by atoms with Gasteiger partial charge in [0.25, 0.3) is 0 Å². The van der Waals surface area contributed by atoms with Crippen molar-refractivity contribution in [3.05, 3.63) is 72.8 Å². The Morgan fingerprint density at radius 1 is 1.00 bits per heavy atom. The van der Waals surface area contributed by atoms with Crippen molar-refractivity contribution in [2.45, 2.75) is 32.1 Å². The highest BCUT2D eigenvalue weighted by atomic mass is 32.1. The highest BCUT2D eigenvalue weighted by Gasteiger charge is 2.10. The number of carbonyl (C=O) groups excluding carboxylic acids is 2. The van der Waals surface area contributed by atoms with Gasteiger partial charge in [0, 0.05) is 12.8 Å². The maximum atomic E-state index is 12.1. The second-order valence-electron chi connectivity index (χ2n) is 6.76. The van der Waals surface area contributed by atoms with Crippen molar-refractivity contribution in [3.8, 4) is 5.75 Å². The second kappa shape index (κ2) is 13.9. The third-order valence-corrected chi connectivity index (χ3v) is 4.45. The lowest BCUT2D eigenvalue weighted by molar-refractivity contribution is -0.143. The first kappa shape index (κ1) is 24.1. The van der Waals surface area contributed by atoms with E-state index in [-0.39, 0.29) is 29.8 Å². The normalized spacial score (nSPS) is 10.1. The number of hydrogen-bond donors (Lipinski definition) is 2. The number of anilines is 1. The van der Waals surface area contributed by atoms with E-state index in [2.05, 4.69) is 17.2 Å². The zero-order chi connectivity index (χ0) is 22.3. The maximum Gasteiger partial charge on any atom is 0.305 e. The number of rotatable bonds is 12. The Morgan fingerprint density at radius 2 is 1.74 bits per heavy atom. The first-order valence-corrected chi connectivity index (χ1v) is 10.6. The van der Waals surface area contributed by atoms with E-state index in [1.165, 1.54) is 5.56 Å². The van der Waals surface area contributed by atoms with E-state index in [1.807, 2.05) is 42.5 Å². The van der Waals surface area contributed by atoms with E-state index in [0.29, 0.717) is 31.1 Å². The van der Waals surface area contributed by atoms with Gasteiger partial charge in [-0.1, -0.05) is 55.1 Å². The van der Waals surface area contributed by atoms with Crippen LogP contribution in [0.4, 0.5) is 5.69 Å². The van der Waals surface area contributed by atoms with Crippen molar-refractivity contribution in [2.24, 2.45) is 0 Å². The topological polar surface area (TPSA) is 76.7 Å². The summed E-state index contributed by atoms with van der Waals surface area (Å²) in [5.74, 6) is 0.0442. The molecule has 6 nitrogen and oxygen atoms in total. The standard InChI is InChI=1S/C24H28N2O4S/c1-2-17-29-21-14-7-6-13-20(21)25-24(31)26-22(27)15-8-16-23(28)30-18-9-12-19-10-4-3-5-11-19/h2-7,10-11,13-14H,1,8-9,12,15-18H2,(H2,25,26,27,31). The van der Waals surface area contributed by atoms with Crippen LogP contribution in [-0.4, -0.2) is 30.2 Å². The van der Waals surface area contributed by atoms with Gasteiger partial charge in [-0.25, -0.2) is 0 Å². The predicted octanol–water partition coefficient (Wildman–Crippen LogP) is 4.41. The molecule has 0 saturated carbocycles. The van der Waals surface area contributed by atoms with Gasteiger partial charge >= 0.3 is 5.97 Å². The van der Waals surface area contributed by atoms with Crippen molar-refractivity contribution in [1.29, 1.82) is 0 Å². The van der Waals surface area contributed by atoms with Crippen molar-refractivity contribution < 1.29 is 19.1 Å². The number of hydrogen-bond acceptors (Lipinski definition) is 5. The molecule has 0 aliphatic rings. The minimum Gasteiger partial charge on any atom is -0.487 e. The van der Waals surface area contributed by atoms with Crippen LogP contribution < -0.4 is 15.4 Å². The second-order valence-corrected chi connectivity index (χ2v) is 7.17. The molecule has 31 heavy (non-hydrogen) atoms. The quantitative estimate of drug-likeness (QED) is 0.220. The van der Waals surface area contributed by atoms with E-state index >= 15 is 0 Å². The summed E-state index contributed by atoms with van der Waals surface area (Å²) in [6, 6.07) is 17.3. The van der Waals surface area contributed by atoms with Crippen molar-refractivity contribution in [2.75, 3.05) is 18.5 Å². The van der Waals surface area contributed by atoms with Gasteiger partial charge in [0.15, 0.2) is 5.11 Å². The smallest absolute Gasteiger partial charge is 0.305 e. The fraction of sp³-hybridized carbons (Fsp3) is 0.292. The van der Waals surface area contributed by atoms with Crippen LogP contribution in [-0.2, 0) is 20.7 Å². The number of para-hydroxylation sites is 2. The van der Waals surface area contributed by atoms with Crippen molar-refractivity contribution in [1.82, 2.24) is 5.32 Å². The summed E-state index contributed by atoms with van der Waals surface area (Å²) in [4.78, 5) is 23.9. The largest absolute Gasteiger partial charge is 0.487 e. The molecule has 164 valence electrons. The summed E-state index contributed by atoms with van der Waals surface area (Å²) in [6.45, 7) is 4.36. The number of ether oxygens (including phenoxy) is 2. The number of thiocarbonyl (C=S) groups is 1. The fourth-order valence-corrected chi connectivity index (χ4v) is 2.98. The van der Waals surface area contributed by atoms with Crippen LogP contribution in [0.1, 0.15) is 31.2 Å². The van der Waals surface area contributed by atoms with Crippen LogP contribution in [0.2, 0.25) is 0 Å². The molecule has 0 bridgehead atoms. The van der Waals surface area contributed by atoms with E-state index in [1.54, 1.807) is 18.2 Å². The van der Waals surface area contributed by atoms with Crippen LogP contribution in [0, 0.1) is 0 Å². The first-order valence-electron chi connectivity index (χ1n) is 10.2. The zero-order valence-corrected chi connectivity index (χ0v) is 18.3. The summed E-state index contributed by atoms with van der Waals surface area (Å²) in [6.07, 6.45) is 4.04. The summed E-state index contributed by atoms with van der Waals surface area (Å²) >= 11 is 5.19. The Kier molecular flexibility index (Phi) is 10.8. The molecule has 2 aromatic rings. The molecule has 2 aromatic carbocycles. The SMILES string of the molecule is C=CCOc1ccccc1NC(=S)NC(=O)CCCC(=O)OCCCc1ccccc1. The number of benzene rings is 2. The summed E-state index contributed by atoms with van der Waals surface area (Å²) < 4.78 is 10.8. The molecule has 0 spiro atoms. The van der Waals surface area contributed by atoms with Gasteiger partial charge in [-0.2, -0.15) is 0 Å². The van der Waals surface area contributed by atoms with E-state index in [0.717, 1.165) is 12.8 Å². The minimum absolute atomic E-state index is 0.170. The number of nitrogens with one attached hydrogen (secondary N) is 2. The van der Waals surface area contributed by atoms with Gasteiger partial charge in [0.1, 0.15) is 12.4 Å². The number of carbonyl (C=O) groups is 2. The molecule has 7 heteroatoms. The third-order valence-electron chi connectivity index (χ3n) is 4.25. The summed E-state index contributed by atoms with van der Waals surface area (Å²) in [5.41, 5.74) is 1.86. The predicted molar refractivity (Wildman–Crippen MR) is 126 cm³/mol. The molecule has 0 aliphatic carbocycles. The summed E-state index contributed by atoms with van der Waals surface area (Å²) in [7, 11) is 0. The van der Waals surface area contributed by atoms with E-state index in [9.17, 15) is 9.59 Å². The lowest BCUT2D eigenvalue weighted by atomic mass is 10.1. The van der Waals surface area contributed by atoms with Gasteiger partial charge in [-0.15, -0.1) is 0 Å². The van der Waals surface area contributed by atoms with E-state index in [4.69, 9.17) is 21.7 Å². The Labute approximate surface area is 188 Å². The Hall–Kier alpha value is -3.19. The molecule has 2 N–H and O–H groups in total. The average molecular weight is 441 g/mol. The molecule has 0 heterocycles. The maximum absolute atomic E-state index is 12.1. The number of esters is 1. The number of amides is 1. The summed E-state index contributed by atoms with van der Waals surface area (Å²) in [5, 5.41) is 5.72. The van der Waals surface area contributed by atoms with Crippen molar-refractivity contribution in [3.63, 3.8) is 0 Å². The monoisotopic (exact) mass is 440 g/mol. The van der Waals surface area contributed by atoms with Gasteiger partial charge in [0.2, 0.25) is 5.91 Å². The molecule has 0 fully saturated rings. The van der Waals surface area contributed by atoms with Gasteiger partial charge in [0.05, 0.1) is 12.3 Å². The van der Waals surface area contributed by atoms with Crippen LogP contribution in [0.5, 0.6) is 5.75 Å². The Bertz CT molecular complexity index is 871. The molecule has 0 atom stereocenters. The van der Waals surface area contributed by atoms with Crippen LogP contribution >= 0.6 is 12.2 Å². The minimum atomic E-state index is -0.296. The Balaban J connectivity index is 1.60. The van der Waals surface area contributed by atoms with Gasteiger partial charge < -0.3 is 20.1 Å². The Morgan fingerprint density at radius 3 is 2.52 bits per heavy atom. The molecule has 0 unspecified atom stereocenters. The molecule has 1 amide bonds. The first-order chi connectivity index (χ1) is 15.1. The molecule has 0 saturated heterocycles.